The molecule has 32 heavy (non-hydrogen) atoms. The van der Waals surface area contributed by atoms with E-state index in [0.717, 1.165) is 19.4 Å². The molecule has 7 rings (SSSR count). The van der Waals surface area contributed by atoms with E-state index in [1.807, 2.05) is 12.1 Å². The van der Waals surface area contributed by atoms with Crippen LogP contribution in [0.25, 0.3) is 10.8 Å². The summed E-state index contributed by atoms with van der Waals surface area (Å²) >= 11 is 0. The van der Waals surface area contributed by atoms with Crippen LogP contribution in [0.5, 0.6) is 0 Å². The number of hydrogen-bond acceptors (Lipinski definition) is 3. The van der Waals surface area contributed by atoms with E-state index in [9.17, 15) is 10.1 Å². The lowest BCUT2D eigenvalue weighted by Gasteiger charge is -2.51. The first kappa shape index (κ1) is 18.2. The van der Waals surface area contributed by atoms with Gasteiger partial charge >= 0.3 is 0 Å². The molecule has 0 fully saturated rings. The standard InChI is InChI=1S/C28H24N2O2/c31-30(32)20-13-11-17(12-14-20)27-24-10-4-9-23(24)26-22-7-2-1-5-18(22)15-25-21-8-3-6-19(21)16-29(27)28(25)26/h1-5,7-9,11-15,19,21,23-24,27H,6,10,16H2/t19-,21+,23-,24+,27+/m1/s1. The molecule has 3 aromatic rings. The van der Waals surface area contributed by atoms with Gasteiger partial charge in [-0.1, -0.05) is 60.7 Å². The van der Waals surface area contributed by atoms with E-state index in [-0.39, 0.29) is 16.7 Å². The van der Waals surface area contributed by atoms with E-state index >= 15 is 0 Å². The summed E-state index contributed by atoms with van der Waals surface area (Å²) in [5.74, 6) is 1.92. The SMILES string of the molecule is O=[N+]([O-])c1ccc([C@H]2[C@H]3CC=C[C@H]3c3c4c(cc5ccccc35)[C@H]3C=CC[C@@H]3CN42)cc1. The van der Waals surface area contributed by atoms with Crippen LogP contribution in [-0.4, -0.2) is 11.5 Å². The molecule has 0 bridgehead atoms. The third kappa shape index (κ3) is 2.38. The van der Waals surface area contributed by atoms with Crippen molar-refractivity contribution in [2.45, 2.75) is 30.7 Å². The fourth-order valence-corrected chi connectivity index (χ4v) is 6.90. The number of hydrogen-bond donors (Lipinski definition) is 0. The smallest absolute Gasteiger partial charge is 0.269 e. The second-order valence-corrected chi connectivity index (χ2v) is 9.70. The molecule has 0 amide bonds. The molecule has 0 spiro atoms. The van der Waals surface area contributed by atoms with Crippen molar-refractivity contribution in [1.82, 2.24) is 0 Å². The number of anilines is 1. The molecule has 0 saturated carbocycles. The Morgan fingerprint density at radius 3 is 2.56 bits per heavy atom. The summed E-state index contributed by atoms with van der Waals surface area (Å²) in [6.07, 6.45) is 11.7. The zero-order chi connectivity index (χ0) is 21.4. The summed E-state index contributed by atoms with van der Waals surface area (Å²) < 4.78 is 0. The van der Waals surface area contributed by atoms with Crippen LogP contribution < -0.4 is 4.90 Å². The minimum Gasteiger partial charge on any atom is -0.363 e. The van der Waals surface area contributed by atoms with Crippen molar-refractivity contribution in [3.05, 3.63) is 106 Å². The Morgan fingerprint density at radius 2 is 1.72 bits per heavy atom. The highest BCUT2D eigenvalue weighted by Crippen LogP contribution is 2.60. The highest BCUT2D eigenvalue weighted by Gasteiger charge is 2.48. The summed E-state index contributed by atoms with van der Waals surface area (Å²) in [5, 5.41) is 14.0. The van der Waals surface area contributed by atoms with Crippen LogP contribution >= 0.6 is 0 Å². The first-order chi connectivity index (χ1) is 15.7. The topological polar surface area (TPSA) is 46.4 Å². The first-order valence-electron chi connectivity index (χ1n) is 11.6. The molecule has 0 saturated heterocycles. The van der Waals surface area contributed by atoms with Crippen molar-refractivity contribution in [3.63, 3.8) is 0 Å². The Balaban J connectivity index is 1.49. The Kier molecular flexibility index (Phi) is 3.73. The van der Waals surface area contributed by atoms with Crippen molar-refractivity contribution >= 4 is 22.1 Å². The van der Waals surface area contributed by atoms with Gasteiger partial charge in [0, 0.05) is 36.2 Å². The molecule has 4 heteroatoms. The summed E-state index contributed by atoms with van der Waals surface area (Å²) in [4.78, 5) is 13.6. The molecule has 0 unspecified atom stereocenters. The van der Waals surface area contributed by atoms with Gasteiger partial charge in [-0.05, 0) is 58.2 Å². The predicted molar refractivity (Wildman–Crippen MR) is 127 cm³/mol. The second kappa shape index (κ2) is 6.55. The summed E-state index contributed by atoms with van der Waals surface area (Å²) in [5.41, 5.74) is 5.75. The molecule has 0 aromatic heterocycles. The molecule has 4 aliphatic rings. The molecule has 3 aromatic carbocycles. The van der Waals surface area contributed by atoms with E-state index in [1.165, 1.54) is 33.2 Å². The maximum absolute atomic E-state index is 11.2. The minimum absolute atomic E-state index is 0.163. The summed E-state index contributed by atoms with van der Waals surface area (Å²) in [6.45, 7) is 1.04. The molecule has 4 nitrogen and oxygen atoms in total. The summed E-state index contributed by atoms with van der Waals surface area (Å²) in [7, 11) is 0. The average molecular weight is 421 g/mol. The highest BCUT2D eigenvalue weighted by molar-refractivity contribution is 5.94. The molecule has 2 heterocycles. The Hall–Kier alpha value is -3.40. The monoisotopic (exact) mass is 420 g/mol. The van der Waals surface area contributed by atoms with Crippen LogP contribution in [0, 0.1) is 22.0 Å². The van der Waals surface area contributed by atoms with Crippen LogP contribution in [0.4, 0.5) is 11.4 Å². The van der Waals surface area contributed by atoms with Crippen LogP contribution in [0.1, 0.15) is 47.4 Å². The van der Waals surface area contributed by atoms with Gasteiger partial charge in [0.25, 0.3) is 5.69 Å². The molecule has 158 valence electrons. The zero-order valence-electron chi connectivity index (χ0n) is 17.7. The first-order valence-corrected chi connectivity index (χ1v) is 11.6. The lowest BCUT2D eigenvalue weighted by molar-refractivity contribution is -0.384. The molecule has 5 atom stereocenters. The fraction of sp³-hybridized carbons (Fsp3) is 0.286. The van der Waals surface area contributed by atoms with Gasteiger partial charge in [0.05, 0.1) is 11.0 Å². The molecule has 0 radical (unpaired) electrons. The van der Waals surface area contributed by atoms with Gasteiger partial charge in [-0.2, -0.15) is 0 Å². The maximum Gasteiger partial charge on any atom is 0.269 e. The average Bonchev–Trinajstić information content (AvgIpc) is 3.49. The number of benzene rings is 3. The van der Waals surface area contributed by atoms with Crippen LogP contribution in [0.2, 0.25) is 0 Å². The number of nitro benzene ring substituents is 1. The van der Waals surface area contributed by atoms with Crippen molar-refractivity contribution in [2.24, 2.45) is 11.8 Å². The Morgan fingerprint density at radius 1 is 0.938 bits per heavy atom. The van der Waals surface area contributed by atoms with Crippen molar-refractivity contribution in [1.29, 1.82) is 0 Å². The number of nitrogens with zero attached hydrogens (tertiary/aromatic N) is 2. The number of nitro groups is 1. The van der Waals surface area contributed by atoms with Crippen LogP contribution in [0.15, 0.2) is 78.9 Å². The van der Waals surface area contributed by atoms with E-state index in [1.54, 1.807) is 12.1 Å². The molecular weight excluding hydrogens is 396 g/mol. The van der Waals surface area contributed by atoms with Gasteiger partial charge in [-0.3, -0.25) is 10.1 Å². The van der Waals surface area contributed by atoms with Gasteiger partial charge in [0.2, 0.25) is 0 Å². The van der Waals surface area contributed by atoms with Gasteiger partial charge in [0.1, 0.15) is 0 Å². The predicted octanol–water partition coefficient (Wildman–Crippen LogP) is 6.64. The Labute approximate surface area is 187 Å². The van der Waals surface area contributed by atoms with Gasteiger partial charge in [0.15, 0.2) is 0 Å². The maximum atomic E-state index is 11.2. The van der Waals surface area contributed by atoms with Crippen molar-refractivity contribution in [3.8, 4) is 0 Å². The number of non-ortho nitro benzene ring substituents is 1. The van der Waals surface area contributed by atoms with Crippen LogP contribution in [-0.2, 0) is 0 Å². The number of fused-ring (bicyclic) bond motifs is 6. The third-order valence-electron chi connectivity index (χ3n) is 8.19. The third-order valence-corrected chi connectivity index (χ3v) is 8.19. The van der Waals surface area contributed by atoms with Crippen molar-refractivity contribution in [2.75, 3.05) is 11.4 Å². The molecular formula is C28H24N2O2. The highest BCUT2D eigenvalue weighted by atomic mass is 16.6. The van der Waals surface area contributed by atoms with Gasteiger partial charge < -0.3 is 4.90 Å². The number of rotatable bonds is 2. The fourth-order valence-electron chi connectivity index (χ4n) is 6.90. The lowest BCUT2D eigenvalue weighted by Crippen LogP contribution is -2.46. The van der Waals surface area contributed by atoms with E-state index in [4.69, 9.17) is 0 Å². The minimum atomic E-state index is -0.306. The van der Waals surface area contributed by atoms with E-state index < -0.39 is 0 Å². The summed E-state index contributed by atoms with van der Waals surface area (Å²) in [6, 6.07) is 18.8. The normalized spacial score (nSPS) is 29.1. The van der Waals surface area contributed by atoms with Crippen molar-refractivity contribution < 1.29 is 4.92 Å². The number of allylic oxidation sites excluding steroid dienone is 4. The van der Waals surface area contributed by atoms with E-state index in [0.29, 0.717) is 23.7 Å². The molecule has 2 aliphatic carbocycles. The molecule has 0 N–H and O–H groups in total. The molecule has 2 aliphatic heterocycles. The van der Waals surface area contributed by atoms with E-state index in [2.05, 4.69) is 59.5 Å². The quantitative estimate of drug-likeness (QED) is 0.265. The van der Waals surface area contributed by atoms with Crippen LogP contribution in [0.3, 0.4) is 0 Å². The Bertz CT molecular complexity index is 1320. The lowest BCUT2D eigenvalue weighted by atomic mass is 9.69. The van der Waals surface area contributed by atoms with Gasteiger partial charge in [-0.15, -0.1) is 0 Å². The largest absolute Gasteiger partial charge is 0.363 e. The second-order valence-electron chi connectivity index (χ2n) is 9.70. The van der Waals surface area contributed by atoms with Gasteiger partial charge in [-0.25, -0.2) is 0 Å². The zero-order valence-corrected chi connectivity index (χ0v) is 17.7.